The van der Waals surface area contributed by atoms with Crippen molar-refractivity contribution in [3.8, 4) is 5.75 Å². The molecule has 33 heavy (non-hydrogen) atoms. The number of esters is 1. The van der Waals surface area contributed by atoms with Crippen molar-refractivity contribution < 1.29 is 27.5 Å². The Morgan fingerprint density at radius 1 is 1.06 bits per heavy atom. The molecular weight excluding hydrogens is 491 g/mol. The molecule has 1 amide bonds. The van der Waals surface area contributed by atoms with Crippen molar-refractivity contribution in [3.05, 3.63) is 58.1 Å². The zero-order valence-electron chi connectivity index (χ0n) is 18.5. The van der Waals surface area contributed by atoms with Gasteiger partial charge in [-0.1, -0.05) is 29.3 Å². The van der Waals surface area contributed by atoms with E-state index >= 15 is 0 Å². The number of nitrogens with zero attached hydrogens (tertiary/aromatic N) is 1. The third-order valence-electron chi connectivity index (χ3n) is 4.45. The largest absolute Gasteiger partial charge is 0.490 e. The molecule has 0 saturated carbocycles. The summed E-state index contributed by atoms with van der Waals surface area (Å²) in [4.78, 5) is 25.3. The number of halogens is 2. The van der Waals surface area contributed by atoms with Gasteiger partial charge in [0.1, 0.15) is 12.4 Å². The summed E-state index contributed by atoms with van der Waals surface area (Å²) in [5, 5.41) is 0.892. The van der Waals surface area contributed by atoms with Crippen molar-refractivity contribution in [2.45, 2.75) is 26.4 Å². The molecule has 1 N–H and O–H groups in total. The Hall–Kier alpha value is -2.49. The molecule has 1 unspecified atom stereocenters. The lowest BCUT2D eigenvalue weighted by molar-refractivity contribution is -0.151. The number of carbonyl (C=O) groups excluding carboxylic acids is 2. The van der Waals surface area contributed by atoms with E-state index in [-0.39, 0.29) is 19.1 Å². The van der Waals surface area contributed by atoms with E-state index in [1.807, 2.05) is 6.07 Å². The monoisotopic (exact) mass is 516 g/mol. The molecule has 0 fully saturated rings. The maximum Gasteiger partial charge on any atom is 0.303 e. The average Bonchev–Trinajstić information content (AvgIpc) is 2.71. The molecule has 0 spiro atoms. The van der Waals surface area contributed by atoms with Gasteiger partial charge < -0.3 is 14.4 Å². The van der Waals surface area contributed by atoms with E-state index in [1.54, 1.807) is 41.3 Å². The third kappa shape index (κ3) is 9.89. The molecule has 2 rings (SSSR count). The Balaban J connectivity index is 2.00. The van der Waals surface area contributed by atoms with Crippen LogP contribution in [0.15, 0.2) is 42.5 Å². The summed E-state index contributed by atoms with van der Waals surface area (Å²) in [6.07, 6.45) is 0.900. The molecule has 8 nitrogen and oxygen atoms in total. The summed E-state index contributed by atoms with van der Waals surface area (Å²) in [7, 11) is -3.38. The predicted octanol–water partition coefficient (Wildman–Crippen LogP) is 3.77. The van der Waals surface area contributed by atoms with E-state index in [1.165, 1.54) is 13.8 Å². The molecule has 0 aliphatic heterocycles. The second-order valence-corrected chi connectivity index (χ2v) is 9.97. The summed E-state index contributed by atoms with van der Waals surface area (Å²) in [6, 6.07) is 11.6. The first-order valence-corrected chi connectivity index (χ1v) is 12.6. The van der Waals surface area contributed by atoms with Crippen LogP contribution in [0, 0.1) is 0 Å². The summed E-state index contributed by atoms with van der Waals surface area (Å²) in [6.45, 7) is 3.26. The Labute approximate surface area is 203 Å². The summed E-state index contributed by atoms with van der Waals surface area (Å²) in [5.41, 5.74) is 1.31. The third-order valence-corrected chi connectivity index (χ3v) is 5.80. The molecule has 1 atom stereocenters. The first-order chi connectivity index (χ1) is 15.4. The number of amides is 1. The van der Waals surface area contributed by atoms with Gasteiger partial charge >= 0.3 is 5.97 Å². The van der Waals surface area contributed by atoms with Crippen LogP contribution in [0.4, 0.5) is 5.69 Å². The van der Waals surface area contributed by atoms with Crippen molar-refractivity contribution in [3.63, 3.8) is 0 Å². The minimum Gasteiger partial charge on any atom is -0.490 e. The van der Waals surface area contributed by atoms with Crippen LogP contribution in [-0.2, 0) is 30.8 Å². The number of hydrogen-bond donors (Lipinski definition) is 1. The van der Waals surface area contributed by atoms with Crippen molar-refractivity contribution in [1.29, 1.82) is 0 Å². The van der Waals surface area contributed by atoms with Crippen LogP contribution in [0.2, 0.25) is 10.0 Å². The van der Waals surface area contributed by atoms with Gasteiger partial charge in [-0.05, 0) is 48.4 Å². The minimum atomic E-state index is -3.38. The second kappa shape index (κ2) is 12.1. The van der Waals surface area contributed by atoms with Gasteiger partial charge in [0.05, 0.1) is 22.8 Å². The first-order valence-electron chi connectivity index (χ1n) is 10.0. The highest BCUT2D eigenvalue weighted by atomic mass is 35.5. The quantitative estimate of drug-likeness (QED) is 0.456. The van der Waals surface area contributed by atoms with Crippen molar-refractivity contribution in [1.82, 2.24) is 4.90 Å². The number of hydrogen-bond acceptors (Lipinski definition) is 6. The number of anilines is 1. The Morgan fingerprint density at radius 2 is 1.73 bits per heavy atom. The molecule has 0 aliphatic rings. The van der Waals surface area contributed by atoms with Crippen molar-refractivity contribution >= 4 is 50.8 Å². The average molecular weight is 517 g/mol. The number of carbonyl (C=O) groups is 2. The van der Waals surface area contributed by atoms with Gasteiger partial charge in [-0.25, -0.2) is 8.42 Å². The van der Waals surface area contributed by atoms with E-state index in [9.17, 15) is 18.0 Å². The lowest BCUT2D eigenvalue weighted by Crippen LogP contribution is -2.41. The molecule has 0 heterocycles. The van der Waals surface area contributed by atoms with Crippen LogP contribution in [0.3, 0.4) is 0 Å². The molecule has 180 valence electrons. The highest BCUT2D eigenvalue weighted by Gasteiger charge is 2.20. The SMILES string of the molecule is CC(=O)OC(COc1ccc(NS(C)(=O)=O)cc1)CN(CCc1ccc(Cl)c(Cl)c1)C(C)=O. The molecule has 2 aromatic rings. The van der Waals surface area contributed by atoms with Crippen LogP contribution < -0.4 is 9.46 Å². The smallest absolute Gasteiger partial charge is 0.303 e. The summed E-state index contributed by atoms with van der Waals surface area (Å²) >= 11 is 12.0. The van der Waals surface area contributed by atoms with E-state index < -0.39 is 22.1 Å². The lowest BCUT2D eigenvalue weighted by atomic mass is 10.1. The zero-order chi connectivity index (χ0) is 24.6. The van der Waals surface area contributed by atoms with E-state index in [4.69, 9.17) is 32.7 Å². The molecular formula is C22H26Cl2N2O6S. The maximum absolute atomic E-state index is 12.2. The standard InChI is InChI=1S/C22H26Cl2N2O6S/c1-15(27)26(11-10-17-4-9-21(23)22(24)12-17)13-20(32-16(2)28)14-31-19-7-5-18(6-8-19)25-33(3,29)30/h4-9,12,20,25H,10-11,13-14H2,1-3H3. The van der Waals surface area contributed by atoms with Crippen LogP contribution in [0.25, 0.3) is 0 Å². The fourth-order valence-electron chi connectivity index (χ4n) is 2.96. The minimum absolute atomic E-state index is 0.00891. The Bertz CT molecular complexity index is 1080. The highest BCUT2D eigenvalue weighted by Crippen LogP contribution is 2.23. The van der Waals surface area contributed by atoms with Gasteiger partial charge in [0.2, 0.25) is 15.9 Å². The molecule has 0 bridgehead atoms. The first kappa shape index (κ1) is 26.8. The van der Waals surface area contributed by atoms with Crippen LogP contribution in [0.1, 0.15) is 19.4 Å². The number of benzene rings is 2. The Kier molecular flexibility index (Phi) is 9.82. The number of nitrogens with one attached hydrogen (secondary N) is 1. The molecule has 11 heteroatoms. The number of rotatable bonds is 11. The molecule has 2 aromatic carbocycles. The highest BCUT2D eigenvalue weighted by molar-refractivity contribution is 7.92. The van der Waals surface area contributed by atoms with Gasteiger partial charge in [0.25, 0.3) is 0 Å². The number of ether oxygens (including phenoxy) is 2. The van der Waals surface area contributed by atoms with Crippen molar-refractivity contribution in [2.24, 2.45) is 0 Å². The topological polar surface area (TPSA) is 102 Å². The number of sulfonamides is 1. The normalized spacial score (nSPS) is 12.0. The van der Waals surface area contributed by atoms with Gasteiger partial charge in [-0.15, -0.1) is 0 Å². The summed E-state index contributed by atoms with van der Waals surface area (Å²) < 4.78 is 36.0. The van der Waals surface area contributed by atoms with Gasteiger partial charge in [0.15, 0.2) is 6.10 Å². The van der Waals surface area contributed by atoms with Gasteiger partial charge in [-0.3, -0.25) is 14.3 Å². The molecule has 0 aliphatic carbocycles. The predicted molar refractivity (Wildman–Crippen MR) is 128 cm³/mol. The van der Waals surface area contributed by atoms with Crippen LogP contribution in [-0.4, -0.2) is 57.3 Å². The fourth-order valence-corrected chi connectivity index (χ4v) is 3.85. The molecule has 0 saturated heterocycles. The fraction of sp³-hybridized carbons (Fsp3) is 0.364. The van der Waals surface area contributed by atoms with E-state index in [2.05, 4.69) is 4.72 Å². The van der Waals surface area contributed by atoms with Crippen LogP contribution in [0.5, 0.6) is 5.75 Å². The zero-order valence-corrected chi connectivity index (χ0v) is 20.8. The van der Waals surface area contributed by atoms with Crippen LogP contribution >= 0.6 is 23.2 Å². The maximum atomic E-state index is 12.2. The molecule has 0 radical (unpaired) electrons. The van der Waals surface area contributed by atoms with E-state index in [0.717, 1.165) is 11.8 Å². The van der Waals surface area contributed by atoms with Crippen molar-refractivity contribution in [2.75, 3.05) is 30.7 Å². The van der Waals surface area contributed by atoms with Gasteiger partial charge in [0, 0.05) is 26.1 Å². The second-order valence-electron chi connectivity index (χ2n) is 7.40. The Morgan fingerprint density at radius 3 is 2.27 bits per heavy atom. The van der Waals surface area contributed by atoms with E-state index in [0.29, 0.717) is 34.4 Å². The molecule has 0 aromatic heterocycles. The van der Waals surface area contributed by atoms with Gasteiger partial charge in [-0.2, -0.15) is 0 Å². The lowest BCUT2D eigenvalue weighted by Gasteiger charge is -2.26. The summed E-state index contributed by atoms with van der Waals surface area (Å²) in [5.74, 6) is -0.218.